The van der Waals surface area contributed by atoms with Crippen LogP contribution in [0.2, 0.25) is 0 Å². The Morgan fingerprint density at radius 2 is 2.30 bits per heavy atom. The zero-order valence-corrected chi connectivity index (χ0v) is 12.8. The molecule has 20 heavy (non-hydrogen) atoms. The Morgan fingerprint density at radius 3 is 2.95 bits per heavy atom. The summed E-state index contributed by atoms with van der Waals surface area (Å²) in [5, 5.41) is 11.8. The summed E-state index contributed by atoms with van der Waals surface area (Å²) in [6, 6.07) is 7.75. The first kappa shape index (κ1) is 15.1. The van der Waals surface area contributed by atoms with Crippen molar-refractivity contribution in [2.75, 3.05) is 26.3 Å². The zero-order valence-electron chi connectivity index (χ0n) is 11.2. The Kier molecular flexibility index (Phi) is 5.67. The second-order valence-corrected chi connectivity index (χ2v) is 5.60. The molecular weight excluding hydrogens is 324 g/mol. The normalized spacial score (nSPS) is 13.9. The number of urea groups is 1. The van der Waals surface area contributed by atoms with E-state index in [2.05, 4.69) is 21.2 Å². The number of rotatable bonds is 7. The van der Waals surface area contributed by atoms with Gasteiger partial charge < -0.3 is 20.1 Å². The van der Waals surface area contributed by atoms with Crippen LogP contribution in [0, 0.1) is 0 Å². The Bertz CT molecular complexity index is 452. The van der Waals surface area contributed by atoms with Gasteiger partial charge in [0.1, 0.15) is 12.4 Å². The lowest BCUT2D eigenvalue weighted by Gasteiger charge is -2.21. The summed E-state index contributed by atoms with van der Waals surface area (Å²) in [4.78, 5) is 13.6. The second-order valence-electron chi connectivity index (χ2n) is 4.69. The highest BCUT2D eigenvalue weighted by molar-refractivity contribution is 9.10. The molecule has 6 heteroatoms. The number of carbonyl (C=O) groups excluding carboxylic acids is 1. The van der Waals surface area contributed by atoms with Crippen molar-refractivity contribution in [1.29, 1.82) is 0 Å². The minimum absolute atomic E-state index is 0.00153. The van der Waals surface area contributed by atoms with Gasteiger partial charge in [0.2, 0.25) is 0 Å². The topological polar surface area (TPSA) is 61.8 Å². The third kappa shape index (κ3) is 4.68. The molecule has 1 aromatic rings. The molecule has 110 valence electrons. The molecule has 1 fully saturated rings. The van der Waals surface area contributed by atoms with Crippen LogP contribution in [0.25, 0.3) is 0 Å². The van der Waals surface area contributed by atoms with Gasteiger partial charge in [-0.1, -0.05) is 22.0 Å². The van der Waals surface area contributed by atoms with E-state index in [1.807, 2.05) is 24.3 Å². The highest BCUT2D eigenvalue weighted by Gasteiger charge is 2.31. The largest absolute Gasteiger partial charge is 0.492 e. The number of aliphatic hydroxyl groups is 1. The van der Waals surface area contributed by atoms with Crippen LogP contribution >= 0.6 is 15.9 Å². The monoisotopic (exact) mass is 342 g/mol. The molecule has 2 amide bonds. The van der Waals surface area contributed by atoms with E-state index in [0.29, 0.717) is 25.7 Å². The number of nitrogens with one attached hydrogen (secondary N) is 1. The fourth-order valence-corrected chi connectivity index (χ4v) is 2.31. The fourth-order valence-electron chi connectivity index (χ4n) is 1.93. The number of halogens is 1. The van der Waals surface area contributed by atoms with E-state index in [-0.39, 0.29) is 12.6 Å². The third-order valence-electron chi connectivity index (χ3n) is 3.03. The average molecular weight is 343 g/mol. The van der Waals surface area contributed by atoms with Gasteiger partial charge in [0.05, 0.1) is 13.2 Å². The van der Waals surface area contributed by atoms with Crippen molar-refractivity contribution >= 4 is 22.0 Å². The van der Waals surface area contributed by atoms with Crippen molar-refractivity contribution in [1.82, 2.24) is 10.2 Å². The second kappa shape index (κ2) is 7.50. The number of nitrogens with zero attached hydrogens (tertiary/aromatic N) is 1. The number of carbonyl (C=O) groups is 1. The van der Waals surface area contributed by atoms with E-state index in [1.54, 1.807) is 4.90 Å². The van der Waals surface area contributed by atoms with Crippen LogP contribution < -0.4 is 10.1 Å². The van der Waals surface area contributed by atoms with Crippen LogP contribution in [0.3, 0.4) is 0 Å². The van der Waals surface area contributed by atoms with Crippen molar-refractivity contribution < 1.29 is 14.6 Å². The van der Waals surface area contributed by atoms with Gasteiger partial charge in [-0.2, -0.15) is 0 Å². The molecule has 0 aliphatic heterocycles. The van der Waals surface area contributed by atoms with Gasteiger partial charge in [-0.25, -0.2) is 4.79 Å². The number of amides is 2. The summed E-state index contributed by atoms with van der Waals surface area (Å²) >= 11 is 3.37. The molecule has 0 radical (unpaired) electrons. The Hall–Kier alpha value is -1.27. The van der Waals surface area contributed by atoms with Crippen LogP contribution in [-0.2, 0) is 0 Å². The SMILES string of the molecule is O=C(NCCOc1cccc(Br)c1)N(CCO)C1CC1. The maximum absolute atomic E-state index is 11.9. The van der Waals surface area contributed by atoms with Crippen LogP contribution in [-0.4, -0.2) is 48.4 Å². The van der Waals surface area contributed by atoms with E-state index in [4.69, 9.17) is 9.84 Å². The molecule has 0 atom stereocenters. The number of aliphatic hydroxyl groups excluding tert-OH is 1. The molecule has 2 rings (SSSR count). The van der Waals surface area contributed by atoms with Crippen molar-refractivity contribution in [3.63, 3.8) is 0 Å². The summed E-state index contributed by atoms with van der Waals surface area (Å²) < 4.78 is 6.50. The number of hydrogen-bond acceptors (Lipinski definition) is 3. The molecule has 0 aromatic heterocycles. The first-order chi connectivity index (χ1) is 9.70. The van der Waals surface area contributed by atoms with E-state index in [1.165, 1.54) is 0 Å². The van der Waals surface area contributed by atoms with E-state index in [0.717, 1.165) is 23.1 Å². The minimum Gasteiger partial charge on any atom is -0.492 e. The zero-order chi connectivity index (χ0) is 14.4. The van der Waals surface area contributed by atoms with Gasteiger partial charge in [0.25, 0.3) is 0 Å². The first-order valence-electron chi connectivity index (χ1n) is 6.74. The maximum Gasteiger partial charge on any atom is 0.317 e. The molecule has 5 nitrogen and oxygen atoms in total. The van der Waals surface area contributed by atoms with E-state index in [9.17, 15) is 4.79 Å². The predicted octanol–water partition coefficient (Wildman–Crippen LogP) is 1.99. The summed E-state index contributed by atoms with van der Waals surface area (Å²) in [5.74, 6) is 0.767. The van der Waals surface area contributed by atoms with Crippen molar-refractivity contribution in [2.45, 2.75) is 18.9 Å². The molecule has 0 heterocycles. The smallest absolute Gasteiger partial charge is 0.317 e. The number of hydrogen-bond donors (Lipinski definition) is 2. The molecule has 0 unspecified atom stereocenters. The van der Waals surface area contributed by atoms with Crippen molar-refractivity contribution in [3.8, 4) is 5.75 Å². The van der Waals surface area contributed by atoms with Gasteiger partial charge in [0.15, 0.2) is 0 Å². The highest BCUT2D eigenvalue weighted by atomic mass is 79.9. The molecule has 1 aliphatic carbocycles. The lowest BCUT2D eigenvalue weighted by molar-refractivity contribution is 0.171. The third-order valence-corrected chi connectivity index (χ3v) is 3.53. The lowest BCUT2D eigenvalue weighted by atomic mass is 10.3. The summed E-state index contributed by atoms with van der Waals surface area (Å²) in [7, 11) is 0. The first-order valence-corrected chi connectivity index (χ1v) is 7.53. The van der Waals surface area contributed by atoms with Crippen LogP contribution in [0.15, 0.2) is 28.7 Å². The maximum atomic E-state index is 11.9. The molecule has 1 aliphatic rings. The molecular formula is C14H19BrN2O3. The van der Waals surface area contributed by atoms with E-state index >= 15 is 0 Å². The van der Waals surface area contributed by atoms with E-state index < -0.39 is 0 Å². The van der Waals surface area contributed by atoms with Gasteiger partial charge >= 0.3 is 6.03 Å². The summed E-state index contributed by atoms with van der Waals surface area (Å²) in [5.41, 5.74) is 0. The number of benzene rings is 1. The molecule has 1 saturated carbocycles. The van der Waals surface area contributed by atoms with Crippen LogP contribution in [0.4, 0.5) is 4.79 Å². The average Bonchev–Trinajstić information content (AvgIpc) is 3.25. The molecule has 0 saturated heterocycles. The number of ether oxygens (including phenoxy) is 1. The Morgan fingerprint density at radius 1 is 1.50 bits per heavy atom. The van der Waals surface area contributed by atoms with Crippen LogP contribution in [0.5, 0.6) is 5.75 Å². The Labute approximate surface area is 127 Å². The van der Waals surface area contributed by atoms with Gasteiger partial charge in [-0.05, 0) is 31.0 Å². The van der Waals surface area contributed by atoms with Crippen molar-refractivity contribution in [3.05, 3.63) is 28.7 Å². The van der Waals surface area contributed by atoms with Crippen molar-refractivity contribution in [2.24, 2.45) is 0 Å². The van der Waals surface area contributed by atoms with Gasteiger partial charge in [0, 0.05) is 17.1 Å². The Balaban J connectivity index is 1.68. The molecule has 2 N–H and O–H groups in total. The molecule has 0 bridgehead atoms. The fraction of sp³-hybridized carbons (Fsp3) is 0.500. The van der Waals surface area contributed by atoms with Gasteiger partial charge in [-0.15, -0.1) is 0 Å². The van der Waals surface area contributed by atoms with Gasteiger partial charge in [-0.3, -0.25) is 0 Å². The standard InChI is InChI=1S/C14H19BrN2O3/c15-11-2-1-3-13(10-11)20-9-6-16-14(19)17(7-8-18)12-4-5-12/h1-3,10,12,18H,4-9H2,(H,16,19). The minimum atomic E-state index is -0.126. The lowest BCUT2D eigenvalue weighted by Crippen LogP contribution is -2.44. The predicted molar refractivity (Wildman–Crippen MR) is 79.8 cm³/mol. The highest BCUT2D eigenvalue weighted by Crippen LogP contribution is 2.26. The quantitative estimate of drug-likeness (QED) is 0.745. The van der Waals surface area contributed by atoms with Crippen LogP contribution in [0.1, 0.15) is 12.8 Å². The molecule has 0 spiro atoms. The summed E-state index contributed by atoms with van der Waals surface area (Å²) in [6.45, 7) is 1.25. The molecule has 1 aromatic carbocycles. The summed E-state index contributed by atoms with van der Waals surface area (Å²) in [6.07, 6.45) is 2.06.